The Morgan fingerprint density at radius 3 is 2.75 bits per heavy atom. The number of hydrogen-bond donors (Lipinski definition) is 1. The normalized spacial score (nSPS) is 14.1. The van der Waals surface area contributed by atoms with Crippen LogP contribution >= 0.6 is 23.1 Å². The monoisotopic (exact) mass is 525 g/mol. The van der Waals surface area contributed by atoms with Crippen LogP contribution in [-0.2, 0) is 10.5 Å². The van der Waals surface area contributed by atoms with Crippen LogP contribution in [0.4, 0.5) is 4.39 Å². The van der Waals surface area contributed by atoms with Gasteiger partial charge in [0.05, 0.1) is 24.7 Å². The van der Waals surface area contributed by atoms with E-state index in [4.69, 9.17) is 4.74 Å². The smallest absolute Gasteiger partial charge is 0.270 e. The lowest BCUT2D eigenvalue weighted by atomic mass is 10.2. The van der Waals surface area contributed by atoms with Crippen LogP contribution < -0.4 is 5.32 Å². The lowest BCUT2D eigenvalue weighted by Crippen LogP contribution is -2.41. The van der Waals surface area contributed by atoms with E-state index in [0.717, 1.165) is 43.4 Å². The van der Waals surface area contributed by atoms with E-state index in [0.29, 0.717) is 34.7 Å². The number of hydrogen-bond acceptors (Lipinski definition) is 9. The number of morpholine rings is 1. The number of rotatable bonds is 9. The Bertz CT molecular complexity index is 1310. The predicted octanol–water partition coefficient (Wildman–Crippen LogP) is 3.28. The first-order valence-corrected chi connectivity index (χ1v) is 13.3. The third-order valence-corrected chi connectivity index (χ3v) is 7.56. The minimum Gasteiger partial charge on any atom is -0.379 e. The Balaban J connectivity index is 1.26. The third-order valence-electron chi connectivity index (χ3n) is 5.59. The molecule has 0 bridgehead atoms. The average Bonchev–Trinajstić information content (AvgIpc) is 3.56. The van der Waals surface area contributed by atoms with Gasteiger partial charge in [0.25, 0.3) is 5.91 Å². The summed E-state index contributed by atoms with van der Waals surface area (Å²) in [6.07, 6.45) is 3.32. The van der Waals surface area contributed by atoms with Gasteiger partial charge in [-0.2, -0.15) is 0 Å². The van der Waals surface area contributed by atoms with Gasteiger partial charge < -0.3 is 10.1 Å². The summed E-state index contributed by atoms with van der Waals surface area (Å²) in [5, 5.41) is 14.6. The van der Waals surface area contributed by atoms with Crippen LogP contribution in [0.5, 0.6) is 0 Å². The van der Waals surface area contributed by atoms with Gasteiger partial charge in [-0.1, -0.05) is 23.9 Å². The Morgan fingerprint density at radius 1 is 1.14 bits per heavy atom. The predicted molar refractivity (Wildman–Crippen MR) is 136 cm³/mol. The zero-order valence-electron chi connectivity index (χ0n) is 19.3. The van der Waals surface area contributed by atoms with Crippen LogP contribution in [0, 0.1) is 5.82 Å². The van der Waals surface area contributed by atoms with Gasteiger partial charge in [-0.05, 0) is 24.3 Å². The molecule has 3 aromatic heterocycles. The summed E-state index contributed by atoms with van der Waals surface area (Å²) in [6, 6.07) is 10.1. The maximum absolute atomic E-state index is 14.7. The Labute approximate surface area is 215 Å². The maximum Gasteiger partial charge on any atom is 0.270 e. The zero-order valence-corrected chi connectivity index (χ0v) is 21.0. The fourth-order valence-electron chi connectivity index (χ4n) is 3.75. The van der Waals surface area contributed by atoms with Crippen LogP contribution in [0.15, 0.2) is 59.3 Å². The highest BCUT2D eigenvalue weighted by Crippen LogP contribution is 2.31. The summed E-state index contributed by atoms with van der Waals surface area (Å²) in [5.74, 6) is 0.420. The highest BCUT2D eigenvalue weighted by Gasteiger charge is 2.20. The minimum atomic E-state index is -0.375. The molecule has 1 saturated heterocycles. The molecule has 1 aliphatic heterocycles. The molecule has 4 heterocycles. The molecule has 0 radical (unpaired) electrons. The van der Waals surface area contributed by atoms with Crippen molar-refractivity contribution in [2.45, 2.75) is 10.9 Å². The number of benzene rings is 1. The molecule has 1 N–H and O–H groups in total. The van der Waals surface area contributed by atoms with Crippen molar-refractivity contribution in [1.29, 1.82) is 0 Å². The quantitative estimate of drug-likeness (QED) is 0.333. The number of carbonyl (C=O) groups excluding carboxylic acids is 1. The minimum absolute atomic E-state index is 0.190. The van der Waals surface area contributed by atoms with Gasteiger partial charge in [-0.25, -0.2) is 9.37 Å². The molecular weight excluding hydrogens is 501 g/mol. The van der Waals surface area contributed by atoms with E-state index < -0.39 is 0 Å². The standard InChI is InChI=1S/C24H24FN7O2S2/c25-18-3-1-2-4-20(18)32-22(17-5-7-26-8-6-17)29-30-24(32)36-16-21-28-19(15-35-21)23(33)27-9-10-31-11-13-34-14-12-31/h1-8,15H,9-14,16H2,(H,27,33). The van der Waals surface area contributed by atoms with Gasteiger partial charge in [0.1, 0.15) is 16.5 Å². The van der Waals surface area contributed by atoms with Gasteiger partial charge in [0, 0.05) is 49.5 Å². The van der Waals surface area contributed by atoms with Crippen molar-refractivity contribution in [3.63, 3.8) is 0 Å². The van der Waals surface area contributed by atoms with Crippen molar-refractivity contribution in [1.82, 2.24) is 34.9 Å². The first-order valence-electron chi connectivity index (χ1n) is 11.5. The van der Waals surface area contributed by atoms with E-state index >= 15 is 0 Å². The van der Waals surface area contributed by atoms with Crippen molar-refractivity contribution in [3.05, 3.63) is 70.7 Å². The SMILES string of the molecule is O=C(NCCN1CCOCC1)c1csc(CSc2nnc(-c3ccncc3)n2-c2ccccc2F)n1. The van der Waals surface area contributed by atoms with Gasteiger partial charge in [-0.3, -0.25) is 19.2 Å². The van der Waals surface area contributed by atoms with Crippen molar-refractivity contribution >= 4 is 29.0 Å². The fraction of sp³-hybridized carbons (Fsp3) is 0.292. The van der Waals surface area contributed by atoms with Crippen LogP contribution in [0.25, 0.3) is 17.1 Å². The second-order valence-corrected chi connectivity index (χ2v) is 9.84. The highest BCUT2D eigenvalue weighted by atomic mass is 32.2. The fourth-order valence-corrected chi connectivity index (χ4v) is 5.49. The van der Waals surface area contributed by atoms with Crippen molar-refractivity contribution in [3.8, 4) is 17.1 Å². The van der Waals surface area contributed by atoms with Gasteiger partial charge in [0.15, 0.2) is 11.0 Å². The van der Waals surface area contributed by atoms with Crippen LogP contribution in [0.1, 0.15) is 15.5 Å². The van der Waals surface area contributed by atoms with Crippen LogP contribution in [0.2, 0.25) is 0 Å². The largest absolute Gasteiger partial charge is 0.379 e. The highest BCUT2D eigenvalue weighted by molar-refractivity contribution is 7.98. The van der Waals surface area contributed by atoms with Crippen molar-refractivity contribution < 1.29 is 13.9 Å². The summed E-state index contributed by atoms with van der Waals surface area (Å²) in [4.78, 5) is 23.3. The molecule has 36 heavy (non-hydrogen) atoms. The summed E-state index contributed by atoms with van der Waals surface area (Å²) in [6.45, 7) is 4.58. The summed E-state index contributed by atoms with van der Waals surface area (Å²) in [5.41, 5.74) is 1.53. The van der Waals surface area contributed by atoms with E-state index in [2.05, 4.69) is 30.4 Å². The first-order chi connectivity index (χ1) is 17.7. The molecule has 1 fully saturated rings. The molecule has 1 aromatic carbocycles. The Hall–Kier alpha value is -3.19. The molecule has 0 aliphatic carbocycles. The number of nitrogens with one attached hydrogen (secondary N) is 1. The van der Waals surface area contributed by atoms with Gasteiger partial charge in [0.2, 0.25) is 0 Å². The number of thioether (sulfide) groups is 1. The maximum atomic E-state index is 14.7. The van der Waals surface area contributed by atoms with Crippen LogP contribution in [-0.4, -0.2) is 74.9 Å². The van der Waals surface area contributed by atoms with E-state index in [-0.39, 0.29) is 11.7 Å². The second-order valence-electron chi connectivity index (χ2n) is 7.95. The molecule has 1 amide bonds. The lowest BCUT2D eigenvalue weighted by Gasteiger charge is -2.26. The molecule has 0 saturated carbocycles. The van der Waals surface area contributed by atoms with E-state index in [1.165, 1.54) is 29.2 Å². The number of amides is 1. The first kappa shape index (κ1) is 24.5. The summed E-state index contributed by atoms with van der Waals surface area (Å²) >= 11 is 2.79. The number of halogens is 1. The van der Waals surface area contributed by atoms with Crippen LogP contribution in [0.3, 0.4) is 0 Å². The molecular formula is C24H24FN7O2S2. The van der Waals surface area contributed by atoms with E-state index in [9.17, 15) is 9.18 Å². The van der Waals surface area contributed by atoms with E-state index in [1.807, 2.05) is 0 Å². The number of nitrogens with zero attached hydrogens (tertiary/aromatic N) is 6. The number of carbonyl (C=O) groups is 1. The van der Waals surface area contributed by atoms with Crippen molar-refractivity contribution in [2.75, 3.05) is 39.4 Å². The summed E-state index contributed by atoms with van der Waals surface area (Å²) in [7, 11) is 0. The van der Waals surface area contributed by atoms with Gasteiger partial charge >= 0.3 is 0 Å². The zero-order chi connectivity index (χ0) is 24.7. The van der Waals surface area contributed by atoms with E-state index in [1.54, 1.807) is 52.7 Å². The van der Waals surface area contributed by atoms with Crippen molar-refractivity contribution in [2.24, 2.45) is 0 Å². The molecule has 186 valence electrons. The average molecular weight is 526 g/mol. The molecule has 5 rings (SSSR count). The third kappa shape index (κ3) is 5.78. The molecule has 9 nitrogen and oxygen atoms in total. The Morgan fingerprint density at radius 2 is 1.94 bits per heavy atom. The molecule has 12 heteroatoms. The molecule has 0 unspecified atom stereocenters. The second kappa shape index (κ2) is 11.7. The molecule has 0 atom stereocenters. The number of pyridine rings is 1. The number of aromatic nitrogens is 5. The van der Waals surface area contributed by atoms with Gasteiger partial charge in [-0.15, -0.1) is 21.5 Å². The molecule has 4 aromatic rings. The lowest BCUT2D eigenvalue weighted by molar-refractivity contribution is 0.0383. The Kier molecular flexibility index (Phi) is 7.96. The molecule has 0 spiro atoms. The number of thiazole rings is 1. The number of ether oxygens (including phenoxy) is 1. The number of para-hydroxylation sites is 1. The summed E-state index contributed by atoms with van der Waals surface area (Å²) < 4.78 is 21.8. The topological polar surface area (TPSA) is 98.1 Å². The molecule has 1 aliphatic rings.